The van der Waals surface area contributed by atoms with Gasteiger partial charge in [0.15, 0.2) is 0 Å². The molecule has 186 valence electrons. The van der Waals surface area contributed by atoms with Crippen molar-refractivity contribution in [2.75, 3.05) is 0 Å². The second-order valence-corrected chi connectivity index (χ2v) is 52.1. The van der Waals surface area contributed by atoms with Gasteiger partial charge in [0, 0.05) is 0 Å². The average Bonchev–Trinajstić information content (AvgIpc) is 3.32. The summed E-state index contributed by atoms with van der Waals surface area (Å²) < 4.78 is 9.54. The van der Waals surface area contributed by atoms with Gasteiger partial charge in [0.05, 0.1) is 0 Å². The molecule has 0 radical (unpaired) electrons. The van der Waals surface area contributed by atoms with Crippen LogP contribution >= 0.6 is 24.8 Å². The van der Waals surface area contributed by atoms with Gasteiger partial charge in [-0.15, -0.1) is 24.8 Å². The van der Waals surface area contributed by atoms with Gasteiger partial charge in [-0.3, -0.25) is 0 Å². The Morgan fingerprint density at radius 2 is 0.938 bits per heavy atom. The van der Waals surface area contributed by atoms with Crippen LogP contribution in [0.5, 0.6) is 0 Å². The third-order valence-electron chi connectivity index (χ3n) is 7.58. The van der Waals surface area contributed by atoms with E-state index in [2.05, 4.69) is 56.1 Å². The van der Waals surface area contributed by atoms with E-state index in [0.717, 1.165) is 0 Å². The minimum atomic E-state index is -3.27. The second-order valence-electron chi connectivity index (χ2n) is 11.1. The van der Waals surface area contributed by atoms with E-state index in [1.165, 1.54) is 89.9 Å². The molecule has 0 atom stereocenters. The molecule has 2 aliphatic carbocycles. The summed E-state index contributed by atoms with van der Waals surface area (Å²) in [5.41, 5.74) is 7.07. The largest absolute Gasteiger partial charge is 0.147 e. The van der Waals surface area contributed by atoms with E-state index in [9.17, 15) is 0 Å². The normalized spacial score (nSPS) is 16.7. The predicted octanol–water partition coefficient (Wildman–Crippen LogP) is 10.1. The van der Waals surface area contributed by atoms with Crippen LogP contribution < -0.4 is 0 Å². The van der Waals surface area contributed by atoms with Crippen LogP contribution in [-0.4, -0.2) is 6.94 Å². The van der Waals surface area contributed by atoms with Crippen molar-refractivity contribution < 1.29 is 17.1 Å². The molecule has 0 unspecified atom stereocenters. The quantitative estimate of drug-likeness (QED) is 0.162. The SMILES string of the molecule is CCCCC1=CC(CCCC)=[C]([Hf]([CH3])([CH3])(=[SiH2])[C]2=C(CCCC)C=C(CCCC)C2)C1.Cl.Cl. The molecule has 0 saturated carbocycles. The zero-order chi connectivity index (χ0) is 22.2. The van der Waals surface area contributed by atoms with Gasteiger partial charge in [0.25, 0.3) is 0 Å². The molecular formula is C28H52Cl2HfSi. The molecule has 0 N–H and O–H groups in total. The predicted molar refractivity (Wildman–Crippen MR) is 152 cm³/mol. The van der Waals surface area contributed by atoms with Gasteiger partial charge in [0.1, 0.15) is 0 Å². The summed E-state index contributed by atoms with van der Waals surface area (Å²) in [6.07, 6.45) is 24.0. The zero-order valence-corrected chi connectivity index (χ0v) is 28.7. The molecule has 2 rings (SSSR count). The number of rotatable bonds is 14. The Kier molecular flexibility index (Phi) is 15.2. The topological polar surface area (TPSA) is 0 Å². The molecular weight excluding hydrogens is 614 g/mol. The fourth-order valence-electron chi connectivity index (χ4n) is 5.54. The molecule has 0 amide bonds. The molecule has 0 fully saturated rings. The van der Waals surface area contributed by atoms with Crippen LogP contribution in [0.1, 0.15) is 118 Å². The number of halogens is 2. The number of hydrogen-bond donors (Lipinski definition) is 0. The molecule has 0 bridgehead atoms. The Labute approximate surface area is 215 Å². The minimum absolute atomic E-state index is 0. The van der Waals surface area contributed by atoms with Crippen LogP contribution in [0.25, 0.3) is 0 Å². The Morgan fingerprint density at radius 1 is 0.625 bits per heavy atom. The van der Waals surface area contributed by atoms with E-state index in [-0.39, 0.29) is 24.8 Å². The van der Waals surface area contributed by atoms with Gasteiger partial charge in [-0.2, -0.15) is 0 Å². The first-order valence-corrected chi connectivity index (χ1v) is 32.3. The van der Waals surface area contributed by atoms with Gasteiger partial charge >= 0.3 is 192 Å². The van der Waals surface area contributed by atoms with Crippen LogP contribution in [0.15, 0.2) is 41.1 Å². The molecule has 32 heavy (non-hydrogen) atoms. The van der Waals surface area contributed by atoms with Gasteiger partial charge < -0.3 is 0 Å². The van der Waals surface area contributed by atoms with E-state index < -0.39 is 17.1 Å². The number of hydrogen-bond acceptors (Lipinski definition) is 0. The van der Waals surface area contributed by atoms with Crippen LogP contribution in [-0.2, 0) is 17.1 Å². The Balaban J connectivity index is 0.00000480. The van der Waals surface area contributed by atoms with E-state index in [4.69, 9.17) is 0 Å². The van der Waals surface area contributed by atoms with Crippen molar-refractivity contribution >= 4 is 31.8 Å². The molecule has 0 spiro atoms. The van der Waals surface area contributed by atoms with Crippen LogP contribution in [0.4, 0.5) is 0 Å². The summed E-state index contributed by atoms with van der Waals surface area (Å²) in [6, 6.07) is 0. The smallest absolute Gasteiger partial charge is 0.147 e. The van der Waals surface area contributed by atoms with Gasteiger partial charge in [-0.05, 0) is 0 Å². The molecule has 2 aliphatic rings. The first-order valence-electron chi connectivity index (χ1n) is 13.2. The van der Waals surface area contributed by atoms with Crippen molar-refractivity contribution in [1.29, 1.82) is 0 Å². The molecule has 0 saturated heterocycles. The second kappa shape index (κ2) is 14.9. The minimum Gasteiger partial charge on any atom is -0.147 e. The summed E-state index contributed by atoms with van der Waals surface area (Å²) in [5, 5.41) is 0. The summed E-state index contributed by atoms with van der Waals surface area (Å²) in [7, 11) is 0. The van der Waals surface area contributed by atoms with Crippen molar-refractivity contribution in [3.05, 3.63) is 41.1 Å². The molecule has 0 aliphatic heterocycles. The van der Waals surface area contributed by atoms with Crippen molar-refractivity contribution in [2.24, 2.45) is 0 Å². The monoisotopic (exact) mass is 666 g/mol. The van der Waals surface area contributed by atoms with Crippen LogP contribution in [0.2, 0.25) is 9.36 Å². The van der Waals surface area contributed by atoms with Crippen molar-refractivity contribution in [3.8, 4) is 0 Å². The summed E-state index contributed by atoms with van der Waals surface area (Å²) in [5.74, 6) is 0. The fraction of sp³-hybridized carbons (Fsp3) is 0.714. The van der Waals surface area contributed by atoms with Crippen molar-refractivity contribution in [1.82, 2.24) is 0 Å². The first-order chi connectivity index (χ1) is 14.3. The van der Waals surface area contributed by atoms with Crippen LogP contribution in [0, 0.1) is 0 Å². The standard InChI is InChI=1S/2C13H21.2CH3.2ClH.Hf.H2Si/c2*1-3-5-7-12-9-10-13(11-12)8-6-4-2;;;;;;/h2*11H,3-9H2,1-2H3;2*1H3;2*1H;;1H2. The van der Waals surface area contributed by atoms with Crippen molar-refractivity contribution in [2.45, 2.75) is 127 Å². The van der Waals surface area contributed by atoms with E-state index in [0.29, 0.717) is 0 Å². The van der Waals surface area contributed by atoms with E-state index >= 15 is 0 Å². The van der Waals surface area contributed by atoms with Gasteiger partial charge in [0.2, 0.25) is 0 Å². The zero-order valence-electron chi connectivity index (χ0n) is 22.1. The third kappa shape index (κ3) is 8.38. The molecule has 0 heterocycles. The van der Waals surface area contributed by atoms with Crippen LogP contribution in [0.3, 0.4) is 0 Å². The number of allylic oxidation sites excluding steroid dienone is 8. The first kappa shape index (κ1) is 32.6. The fourth-order valence-corrected chi connectivity index (χ4v) is 27.1. The maximum atomic E-state index is 2.80. The molecule has 4 heteroatoms. The number of unbranched alkanes of at least 4 members (excludes halogenated alkanes) is 4. The molecule has 0 nitrogen and oxygen atoms in total. The van der Waals surface area contributed by atoms with E-state index in [1.54, 1.807) is 22.3 Å². The summed E-state index contributed by atoms with van der Waals surface area (Å²) in [6.45, 7) is 11.9. The molecule has 0 aromatic carbocycles. The van der Waals surface area contributed by atoms with Crippen molar-refractivity contribution in [3.63, 3.8) is 0 Å². The maximum Gasteiger partial charge on any atom is -0.147 e. The Morgan fingerprint density at radius 3 is 1.25 bits per heavy atom. The Bertz CT molecular complexity index is 732. The average molecular weight is 666 g/mol. The van der Waals surface area contributed by atoms with Gasteiger partial charge in [-0.25, -0.2) is 0 Å². The van der Waals surface area contributed by atoms with Gasteiger partial charge in [-0.1, -0.05) is 0 Å². The Hall–Kier alpha value is 0.627. The summed E-state index contributed by atoms with van der Waals surface area (Å²) in [4.78, 5) is 0. The molecule has 0 aromatic heterocycles. The third-order valence-corrected chi connectivity index (χ3v) is 32.1. The maximum absolute atomic E-state index is 3.27. The summed E-state index contributed by atoms with van der Waals surface area (Å²) >= 11 is -3.27. The van der Waals surface area contributed by atoms with E-state index in [1.807, 2.05) is 6.66 Å². The molecule has 0 aromatic rings.